The van der Waals surface area contributed by atoms with Gasteiger partial charge in [-0.2, -0.15) is 0 Å². The Balaban J connectivity index is -0.000000180. The van der Waals surface area contributed by atoms with E-state index in [0.29, 0.717) is 13.2 Å². The molecule has 0 amide bonds. The van der Waals surface area contributed by atoms with Gasteiger partial charge in [0.15, 0.2) is 0 Å². The summed E-state index contributed by atoms with van der Waals surface area (Å²) in [5.74, 6) is 0. The Morgan fingerprint density at radius 1 is 0.933 bits per heavy atom. The molecule has 0 aliphatic heterocycles. The van der Waals surface area contributed by atoms with E-state index < -0.39 is 0 Å². The van der Waals surface area contributed by atoms with Crippen molar-refractivity contribution in [2.45, 2.75) is 26.7 Å². The maximum Gasteiger partial charge on any atom is 2.00 e. The molecule has 0 saturated heterocycles. The quantitative estimate of drug-likeness (QED) is 0.444. The molecule has 0 spiro atoms. The normalized spacial score (nSPS) is 7.60. The van der Waals surface area contributed by atoms with Crippen LogP contribution in [0.25, 0.3) is 0 Å². The first-order valence-electron chi connectivity index (χ1n) is 4.22. The fourth-order valence-electron chi connectivity index (χ4n) is 0.371. The first-order valence-corrected chi connectivity index (χ1v) is 5.85. The molecule has 7 heteroatoms. The smallest absolute Gasteiger partial charge is 0.514 e. The van der Waals surface area contributed by atoms with Crippen LogP contribution in [0.1, 0.15) is 26.7 Å². The van der Waals surface area contributed by atoms with Gasteiger partial charge in [-0.15, -0.1) is 0 Å². The Labute approximate surface area is 124 Å². The van der Waals surface area contributed by atoms with E-state index in [1.165, 1.54) is 0 Å². The van der Waals surface area contributed by atoms with Crippen LogP contribution in [0.3, 0.4) is 0 Å². The topological polar surface area (TPSA) is 18.5 Å². The monoisotopic (exact) mass is 333 g/mol. The Morgan fingerprint density at radius 2 is 1.20 bits per heavy atom. The largest absolute Gasteiger partial charge is 2.00 e. The Kier molecular flexibility index (Phi) is 24.1. The summed E-state index contributed by atoms with van der Waals surface area (Å²) in [4.78, 5) is 0. The molecule has 2 nitrogen and oxygen atoms in total. The van der Waals surface area contributed by atoms with Crippen molar-refractivity contribution in [2.75, 3.05) is 13.2 Å². The van der Waals surface area contributed by atoms with Crippen molar-refractivity contribution in [1.29, 1.82) is 0 Å². The first kappa shape index (κ1) is 21.1. The molecular formula is C8H14CuO2S4. The summed E-state index contributed by atoms with van der Waals surface area (Å²) in [5.41, 5.74) is 0. The molecule has 0 aliphatic carbocycles. The SMILES string of the molecule is CCCOC(=S)[S-].CCCOC(=S)[S-].[Cu+2]. The summed E-state index contributed by atoms with van der Waals surface area (Å²) < 4.78 is 9.92. The van der Waals surface area contributed by atoms with Gasteiger partial charge in [0.05, 0.1) is 13.2 Å². The minimum Gasteiger partial charge on any atom is -0.514 e. The van der Waals surface area contributed by atoms with Crippen molar-refractivity contribution in [3.63, 3.8) is 0 Å². The van der Waals surface area contributed by atoms with Crippen LogP contribution in [0, 0.1) is 0 Å². The molecule has 0 saturated carbocycles. The average molecular weight is 334 g/mol. The van der Waals surface area contributed by atoms with Gasteiger partial charge in [0, 0.05) is 8.77 Å². The van der Waals surface area contributed by atoms with Crippen LogP contribution in [-0.2, 0) is 51.8 Å². The van der Waals surface area contributed by atoms with Gasteiger partial charge in [0.2, 0.25) is 0 Å². The van der Waals surface area contributed by atoms with Crippen molar-refractivity contribution < 1.29 is 26.5 Å². The average Bonchev–Trinajstić information content (AvgIpc) is 2.12. The van der Waals surface area contributed by atoms with Crippen LogP contribution in [0.2, 0.25) is 0 Å². The number of rotatable bonds is 4. The Hall–Kier alpha value is 0.739. The second kappa shape index (κ2) is 17.1. The van der Waals surface area contributed by atoms with Gasteiger partial charge in [-0.05, 0) is 12.8 Å². The second-order valence-electron chi connectivity index (χ2n) is 2.20. The summed E-state index contributed by atoms with van der Waals surface area (Å²) in [6.45, 7) is 5.33. The third kappa shape index (κ3) is 31.3. The molecule has 15 heavy (non-hydrogen) atoms. The van der Waals surface area contributed by atoms with Gasteiger partial charge in [-0.25, -0.2) is 0 Å². The van der Waals surface area contributed by atoms with E-state index in [-0.39, 0.29) is 25.8 Å². The molecule has 93 valence electrons. The molecule has 0 unspecified atom stereocenters. The fourth-order valence-corrected chi connectivity index (χ4v) is 0.704. The maximum absolute atomic E-state index is 4.74. The molecule has 0 N–H and O–H groups in total. The summed E-state index contributed by atoms with van der Waals surface area (Å²) in [6.07, 6.45) is 1.94. The maximum atomic E-state index is 4.74. The fraction of sp³-hybridized carbons (Fsp3) is 0.750. The molecule has 0 aromatic rings. The van der Waals surface area contributed by atoms with Gasteiger partial charge in [0.25, 0.3) is 0 Å². The van der Waals surface area contributed by atoms with Gasteiger partial charge < -0.3 is 59.2 Å². The molecule has 0 bridgehead atoms. The predicted octanol–water partition coefficient (Wildman–Crippen LogP) is 2.49. The molecule has 0 fully saturated rings. The van der Waals surface area contributed by atoms with E-state index in [1.54, 1.807) is 0 Å². The van der Waals surface area contributed by atoms with Crippen molar-refractivity contribution in [2.24, 2.45) is 0 Å². The number of hydrogen-bond acceptors (Lipinski definition) is 6. The molecule has 1 radical (unpaired) electrons. The Morgan fingerprint density at radius 3 is 1.27 bits per heavy atom. The summed E-state index contributed by atoms with van der Waals surface area (Å²) in [6, 6.07) is 0. The van der Waals surface area contributed by atoms with E-state index in [1.807, 2.05) is 13.8 Å². The number of ether oxygens (including phenoxy) is 2. The third-order valence-electron chi connectivity index (χ3n) is 0.848. The minimum atomic E-state index is 0. The first-order chi connectivity index (χ1) is 6.54. The molecular weight excluding hydrogens is 320 g/mol. The third-order valence-corrected chi connectivity index (χ3v) is 1.32. The van der Waals surface area contributed by atoms with Gasteiger partial charge in [0.1, 0.15) is 0 Å². The van der Waals surface area contributed by atoms with Gasteiger partial charge >= 0.3 is 17.1 Å². The number of hydrogen-bond donors (Lipinski definition) is 0. The van der Waals surface area contributed by atoms with Crippen LogP contribution in [0.5, 0.6) is 0 Å². The summed E-state index contributed by atoms with van der Waals surface area (Å²) in [5, 5.41) is 0. The molecule has 0 rings (SSSR count). The van der Waals surface area contributed by atoms with E-state index in [4.69, 9.17) is 9.47 Å². The van der Waals surface area contributed by atoms with E-state index >= 15 is 0 Å². The van der Waals surface area contributed by atoms with Crippen LogP contribution < -0.4 is 0 Å². The van der Waals surface area contributed by atoms with Crippen LogP contribution >= 0.6 is 24.4 Å². The molecule has 0 atom stereocenters. The molecule has 0 aromatic heterocycles. The Bertz CT molecular complexity index is 149. The molecule has 0 aromatic carbocycles. The minimum absolute atomic E-state index is 0. The van der Waals surface area contributed by atoms with E-state index in [9.17, 15) is 0 Å². The van der Waals surface area contributed by atoms with E-state index in [0.717, 1.165) is 12.8 Å². The van der Waals surface area contributed by atoms with Crippen molar-refractivity contribution in [1.82, 2.24) is 0 Å². The van der Waals surface area contributed by atoms with Gasteiger partial charge in [-0.1, -0.05) is 13.8 Å². The standard InChI is InChI=1S/2C4H8OS2.Cu/c2*1-2-3-5-4(6)7;/h2*2-3H2,1H3,(H,6,7);/q;;+2/p-2. The van der Waals surface area contributed by atoms with Crippen molar-refractivity contribution in [3.05, 3.63) is 0 Å². The van der Waals surface area contributed by atoms with Crippen LogP contribution in [-0.4, -0.2) is 22.0 Å². The molecule has 0 heterocycles. The summed E-state index contributed by atoms with van der Waals surface area (Å²) in [7, 11) is 0. The van der Waals surface area contributed by atoms with Crippen molar-refractivity contribution >= 4 is 58.5 Å². The zero-order valence-electron chi connectivity index (χ0n) is 8.58. The van der Waals surface area contributed by atoms with Crippen LogP contribution in [0.15, 0.2) is 0 Å². The molecule has 0 aliphatic rings. The van der Waals surface area contributed by atoms with Crippen molar-refractivity contribution in [3.8, 4) is 0 Å². The number of thiocarbonyl (C=S) groups is 2. The predicted molar refractivity (Wildman–Crippen MR) is 72.4 cm³/mol. The van der Waals surface area contributed by atoms with E-state index in [2.05, 4.69) is 49.7 Å². The zero-order valence-corrected chi connectivity index (χ0v) is 12.8. The zero-order chi connectivity index (χ0) is 11.4. The second-order valence-corrected chi connectivity index (χ2v) is 4.20. The van der Waals surface area contributed by atoms with Crippen LogP contribution in [0.4, 0.5) is 0 Å². The summed E-state index contributed by atoms with van der Waals surface area (Å²) >= 11 is 17.8. The van der Waals surface area contributed by atoms with Gasteiger partial charge in [-0.3, -0.25) is 0 Å².